The number of methoxy groups -OCH3 is 5. The molecule has 5 aromatic carbocycles. The second-order valence-corrected chi connectivity index (χ2v) is 11.6. The minimum atomic E-state index is 0.740. The highest BCUT2D eigenvalue weighted by atomic mass is 16.5. The normalized spacial score (nSPS) is 12.6. The lowest BCUT2D eigenvalue weighted by atomic mass is 9.96. The summed E-state index contributed by atoms with van der Waals surface area (Å²) in [5, 5.41) is 0. The van der Waals surface area contributed by atoms with Crippen LogP contribution < -0.4 is 23.7 Å². The minimum Gasteiger partial charge on any atom is -0.496 e. The maximum Gasteiger partial charge on any atom is 0.122 e. The number of benzene rings is 5. The molecule has 10 aliphatic rings. The van der Waals surface area contributed by atoms with Crippen LogP contribution in [-0.4, -0.2) is 35.5 Å². The lowest BCUT2D eigenvalue weighted by Gasteiger charge is -2.15. The van der Waals surface area contributed by atoms with Crippen LogP contribution in [0.15, 0.2) is 91.0 Å². The fraction of sp³-hybridized carbons (Fsp3) is 0.250. The van der Waals surface area contributed by atoms with Crippen LogP contribution >= 0.6 is 0 Å². The highest BCUT2D eigenvalue weighted by Gasteiger charge is 2.15. The molecule has 230 valence electrons. The van der Waals surface area contributed by atoms with Crippen LogP contribution in [0, 0.1) is 0 Å². The minimum absolute atomic E-state index is 0.740. The van der Waals surface area contributed by atoms with E-state index in [1.165, 1.54) is 27.8 Å². The van der Waals surface area contributed by atoms with Gasteiger partial charge in [-0.3, -0.25) is 0 Å². The van der Waals surface area contributed by atoms with Gasteiger partial charge in [0.25, 0.3) is 0 Å². The van der Waals surface area contributed by atoms with Crippen molar-refractivity contribution < 1.29 is 23.7 Å². The maximum absolute atomic E-state index is 5.87. The summed E-state index contributed by atoms with van der Waals surface area (Å²) in [6.45, 7) is 0. The largest absolute Gasteiger partial charge is 0.496 e. The number of hydrogen-bond donors (Lipinski definition) is 0. The average molecular weight is 601 g/mol. The third kappa shape index (κ3) is 6.63. The average Bonchev–Trinajstić information content (AvgIpc) is 3.07. The van der Waals surface area contributed by atoms with Crippen molar-refractivity contribution in [2.24, 2.45) is 0 Å². The molecule has 0 saturated heterocycles. The summed E-state index contributed by atoms with van der Waals surface area (Å²) in [5.74, 6) is 4.37. The number of hydrogen-bond acceptors (Lipinski definition) is 5. The lowest BCUT2D eigenvalue weighted by molar-refractivity contribution is 0.407. The molecule has 5 heteroatoms. The van der Waals surface area contributed by atoms with Gasteiger partial charge in [-0.25, -0.2) is 0 Å². The van der Waals surface area contributed by atoms with Crippen LogP contribution in [0.2, 0.25) is 0 Å². The van der Waals surface area contributed by atoms with Gasteiger partial charge >= 0.3 is 0 Å². The van der Waals surface area contributed by atoms with Crippen LogP contribution in [0.1, 0.15) is 55.6 Å². The van der Waals surface area contributed by atoms with Crippen molar-refractivity contribution in [1.29, 1.82) is 0 Å². The summed E-state index contributed by atoms with van der Waals surface area (Å²) in [5.41, 5.74) is 11.5. The Morgan fingerprint density at radius 3 is 0.622 bits per heavy atom. The van der Waals surface area contributed by atoms with E-state index in [1.54, 1.807) is 35.5 Å². The second kappa shape index (κ2) is 13.4. The van der Waals surface area contributed by atoms with Gasteiger partial charge < -0.3 is 23.7 Å². The Balaban J connectivity index is 1.44. The SMILES string of the molecule is COc1cc2ccc1Cc1ccc(c(OC)c1)Cc1ccc(c(OC)c1)Cc1ccc(c(OC)c1)Cc1ccc(c(OC)c1)C2. The predicted octanol–water partition coefficient (Wildman–Crippen LogP) is 8.00. The van der Waals surface area contributed by atoms with Gasteiger partial charge in [0, 0.05) is 32.1 Å². The van der Waals surface area contributed by atoms with Gasteiger partial charge in [-0.15, -0.1) is 0 Å². The molecule has 0 heterocycles. The molecular formula is C40H40O5. The topological polar surface area (TPSA) is 46.2 Å². The van der Waals surface area contributed by atoms with Crippen molar-refractivity contribution in [2.75, 3.05) is 35.5 Å². The molecule has 15 rings (SSSR count). The van der Waals surface area contributed by atoms with Crippen LogP contribution in [0.5, 0.6) is 28.7 Å². The zero-order chi connectivity index (χ0) is 31.3. The summed E-state index contributed by atoms with van der Waals surface area (Å²) < 4.78 is 29.3. The van der Waals surface area contributed by atoms with Crippen molar-refractivity contribution in [3.05, 3.63) is 147 Å². The van der Waals surface area contributed by atoms with E-state index >= 15 is 0 Å². The molecule has 0 saturated carbocycles. The molecule has 0 spiro atoms. The zero-order valence-corrected chi connectivity index (χ0v) is 26.7. The Morgan fingerprint density at radius 1 is 0.289 bits per heavy atom. The molecular weight excluding hydrogens is 560 g/mol. The molecule has 0 fully saturated rings. The molecule has 0 unspecified atom stereocenters. The third-order valence-corrected chi connectivity index (χ3v) is 8.73. The van der Waals surface area contributed by atoms with E-state index in [0.717, 1.165) is 88.7 Å². The Hall–Kier alpha value is -4.90. The Morgan fingerprint density at radius 2 is 0.467 bits per heavy atom. The van der Waals surface area contributed by atoms with Crippen LogP contribution in [0.25, 0.3) is 0 Å². The van der Waals surface area contributed by atoms with E-state index in [0.29, 0.717) is 0 Å². The first kappa shape index (κ1) is 30.1. The maximum atomic E-state index is 5.87. The fourth-order valence-corrected chi connectivity index (χ4v) is 6.32. The highest BCUT2D eigenvalue weighted by Crippen LogP contribution is 2.33. The van der Waals surface area contributed by atoms with Crippen LogP contribution in [-0.2, 0) is 32.1 Å². The number of rotatable bonds is 5. The fourth-order valence-electron chi connectivity index (χ4n) is 6.32. The van der Waals surface area contributed by atoms with Crippen LogP contribution in [0.4, 0.5) is 0 Å². The summed E-state index contributed by atoms with van der Waals surface area (Å²) in [6.07, 6.45) is 3.70. The monoisotopic (exact) mass is 600 g/mol. The Labute approximate surface area is 266 Å². The molecule has 0 N–H and O–H groups in total. The van der Waals surface area contributed by atoms with Crippen molar-refractivity contribution in [2.45, 2.75) is 32.1 Å². The molecule has 0 amide bonds. The third-order valence-electron chi connectivity index (χ3n) is 8.73. The molecule has 0 atom stereocenters. The second-order valence-electron chi connectivity index (χ2n) is 11.6. The predicted molar refractivity (Wildman–Crippen MR) is 179 cm³/mol. The van der Waals surface area contributed by atoms with E-state index in [-0.39, 0.29) is 0 Å². The van der Waals surface area contributed by atoms with E-state index in [9.17, 15) is 0 Å². The zero-order valence-electron chi connectivity index (χ0n) is 26.7. The highest BCUT2D eigenvalue weighted by molar-refractivity contribution is 5.50. The van der Waals surface area contributed by atoms with Gasteiger partial charge in [-0.2, -0.15) is 0 Å². The van der Waals surface area contributed by atoms with Crippen LogP contribution in [0.3, 0.4) is 0 Å². The van der Waals surface area contributed by atoms with E-state index < -0.39 is 0 Å². The van der Waals surface area contributed by atoms with E-state index in [4.69, 9.17) is 23.7 Å². The number of ether oxygens (including phenoxy) is 5. The molecule has 0 aliphatic heterocycles. The van der Waals surface area contributed by atoms with Gasteiger partial charge in [0.1, 0.15) is 28.7 Å². The van der Waals surface area contributed by atoms with E-state index in [2.05, 4.69) is 91.0 Å². The van der Waals surface area contributed by atoms with Gasteiger partial charge in [0.05, 0.1) is 35.5 Å². The van der Waals surface area contributed by atoms with Gasteiger partial charge in [0.2, 0.25) is 0 Å². The summed E-state index contributed by atoms with van der Waals surface area (Å²) in [7, 11) is 8.68. The smallest absolute Gasteiger partial charge is 0.122 e. The lowest BCUT2D eigenvalue weighted by Crippen LogP contribution is -2.00. The van der Waals surface area contributed by atoms with Crippen molar-refractivity contribution >= 4 is 0 Å². The molecule has 5 aromatic rings. The first-order valence-corrected chi connectivity index (χ1v) is 15.3. The first-order valence-electron chi connectivity index (χ1n) is 15.3. The van der Waals surface area contributed by atoms with Crippen molar-refractivity contribution in [1.82, 2.24) is 0 Å². The molecule has 0 radical (unpaired) electrons. The van der Waals surface area contributed by atoms with Crippen molar-refractivity contribution in [3.63, 3.8) is 0 Å². The standard InChI is InChI=1S/C40H40O5/c1-41-36-21-26-6-11-31(36)16-27-7-12-33(37(22-27)42-2)18-29-9-14-35(39(24-29)44-4)20-30-10-15-34(40(25-30)45-5)19-28-8-13-32(17-26)38(23-28)43-3/h6-15,21-25H,16-20H2,1-5H3. The van der Waals surface area contributed by atoms with E-state index in [1.807, 2.05) is 0 Å². The van der Waals surface area contributed by atoms with Crippen molar-refractivity contribution in [3.8, 4) is 28.7 Å². The molecule has 10 aliphatic carbocycles. The first-order chi connectivity index (χ1) is 22.0. The van der Waals surface area contributed by atoms with Gasteiger partial charge in [-0.05, 0) is 86.0 Å². The quantitative estimate of drug-likeness (QED) is 0.201. The summed E-state index contributed by atoms with van der Waals surface area (Å²) >= 11 is 0. The molecule has 45 heavy (non-hydrogen) atoms. The summed E-state index contributed by atoms with van der Waals surface area (Å²) in [6, 6.07) is 32.4. The van der Waals surface area contributed by atoms with Gasteiger partial charge in [-0.1, -0.05) is 60.7 Å². The molecule has 0 aromatic heterocycles. The Kier molecular flexibility index (Phi) is 8.97. The molecule has 10 bridgehead atoms. The van der Waals surface area contributed by atoms with Gasteiger partial charge in [0.15, 0.2) is 0 Å². The summed E-state index contributed by atoms with van der Waals surface area (Å²) in [4.78, 5) is 0. The molecule has 5 nitrogen and oxygen atoms in total. The Bertz CT molecular complexity index is 1510.